The van der Waals surface area contributed by atoms with Crippen LogP contribution in [-0.2, 0) is 4.79 Å². The molecule has 2 saturated carbocycles. The highest BCUT2D eigenvalue weighted by atomic mass is 16.3. The largest absolute Gasteiger partial charge is 0.389 e. The minimum atomic E-state index is -1.16. The molecule has 2 unspecified atom stereocenters. The lowest BCUT2D eigenvalue weighted by molar-refractivity contribution is -0.132. The van der Waals surface area contributed by atoms with E-state index in [1.54, 1.807) is 42.5 Å². The Balaban J connectivity index is 1.58. The molecule has 2 aliphatic carbocycles. The molecule has 0 spiro atoms. The quantitative estimate of drug-likeness (QED) is 0.424. The number of carbonyl (C=O) groups excluding carboxylic acids is 1. The summed E-state index contributed by atoms with van der Waals surface area (Å²) in [6.07, 6.45) is 3.10. The number of aromatic nitrogens is 5. The van der Waals surface area contributed by atoms with Crippen LogP contribution in [-0.4, -0.2) is 66.9 Å². The number of imidazole rings is 1. The summed E-state index contributed by atoms with van der Waals surface area (Å²) >= 11 is 0. The Kier molecular flexibility index (Phi) is 4.39. The van der Waals surface area contributed by atoms with Crippen LogP contribution in [0.4, 0.5) is 5.82 Å². The van der Waals surface area contributed by atoms with Crippen LogP contribution in [0.15, 0.2) is 30.9 Å². The summed E-state index contributed by atoms with van der Waals surface area (Å²) in [6.45, 7) is 0. The van der Waals surface area contributed by atoms with Crippen LogP contribution in [0.1, 0.15) is 23.9 Å². The summed E-state index contributed by atoms with van der Waals surface area (Å²) < 4.78 is 1.73. The first-order valence-electron chi connectivity index (χ1n) is 9.94. The maximum atomic E-state index is 12.4. The number of aliphatic hydroxyl groups is 2. The summed E-state index contributed by atoms with van der Waals surface area (Å²) in [5.41, 5.74) is 0.810. The van der Waals surface area contributed by atoms with Crippen molar-refractivity contribution in [3.8, 4) is 11.8 Å². The zero-order chi connectivity index (χ0) is 21.8. The lowest BCUT2D eigenvalue weighted by Crippen LogP contribution is -2.41. The number of nitrogens with one attached hydrogen (secondary N) is 2. The average molecular weight is 419 g/mol. The number of carbonyl (C=O) groups is 1. The minimum absolute atomic E-state index is 0.214. The number of amides is 1. The summed E-state index contributed by atoms with van der Waals surface area (Å²) in [6, 6.07) is 3.05. The van der Waals surface area contributed by atoms with Gasteiger partial charge in [-0.15, -0.1) is 0 Å². The molecular weight excluding hydrogens is 398 g/mol. The lowest BCUT2D eigenvalue weighted by Gasteiger charge is -2.23. The topological polar surface area (TPSA) is 138 Å². The molecule has 0 radical (unpaired) electrons. The van der Waals surface area contributed by atoms with E-state index < -0.39 is 23.7 Å². The van der Waals surface area contributed by atoms with Crippen molar-refractivity contribution in [3.05, 3.63) is 42.2 Å². The second-order valence-corrected chi connectivity index (χ2v) is 7.81. The van der Waals surface area contributed by atoms with E-state index >= 15 is 0 Å². The van der Waals surface area contributed by atoms with Crippen LogP contribution in [0.2, 0.25) is 0 Å². The first-order valence-corrected chi connectivity index (χ1v) is 9.94. The van der Waals surface area contributed by atoms with E-state index in [0.717, 1.165) is 5.56 Å². The molecule has 2 fully saturated rings. The number of aliphatic hydroxyl groups excluding tert-OH is 2. The van der Waals surface area contributed by atoms with Gasteiger partial charge in [-0.3, -0.25) is 9.78 Å². The second-order valence-electron chi connectivity index (χ2n) is 7.81. The van der Waals surface area contributed by atoms with Crippen molar-refractivity contribution < 1.29 is 15.0 Å². The number of hydrogen-bond donors (Lipinski definition) is 4. The molecule has 31 heavy (non-hydrogen) atoms. The summed E-state index contributed by atoms with van der Waals surface area (Å²) in [5.74, 6) is 6.28. The molecule has 4 N–H and O–H groups in total. The van der Waals surface area contributed by atoms with Crippen LogP contribution in [0.25, 0.3) is 11.2 Å². The standard InChI is InChI=1S/C21H21N7O3/c1-22-18-14-19(27-13(26-18)4-3-11-5-7-24-8-6-11)28(10-25-14)15-12-9-21(12,20(31)23-2)17(30)16(15)29/h5-8,10,12,15-17,29-30H,9H2,1-2H3,(H,23,31)(H,22,26,27)/t12?,15-,16?,17+,21-/m1/s1. The molecule has 0 aliphatic heterocycles. The fourth-order valence-corrected chi connectivity index (χ4v) is 4.71. The first kappa shape index (κ1) is 19.4. The fourth-order valence-electron chi connectivity index (χ4n) is 4.71. The summed E-state index contributed by atoms with van der Waals surface area (Å²) in [4.78, 5) is 29.8. The first-order chi connectivity index (χ1) is 15.0. The van der Waals surface area contributed by atoms with Gasteiger partial charge in [0.1, 0.15) is 6.10 Å². The number of rotatable bonds is 3. The zero-order valence-corrected chi connectivity index (χ0v) is 16.9. The number of pyridine rings is 1. The van der Waals surface area contributed by atoms with Gasteiger partial charge in [0.15, 0.2) is 17.0 Å². The van der Waals surface area contributed by atoms with E-state index in [9.17, 15) is 15.0 Å². The third-order valence-electron chi connectivity index (χ3n) is 6.30. The number of fused-ring (bicyclic) bond motifs is 2. The Morgan fingerprint density at radius 3 is 2.71 bits per heavy atom. The monoisotopic (exact) mass is 419 g/mol. The number of nitrogens with zero attached hydrogens (tertiary/aromatic N) is 5. The second kappa shape index (κ2) is 7.01. The third kappa shape index (κ3) is 2.78. The van der Waals surface area contributed by atoms with E-state index in [0.29, 0.717) is 23.4 Å². The van der Waals surface area contributed by atoms with E-state index in [4.69, 9.17) is 0 Å². The van der Waals surface area contributed by atoms with Crippen molar-refractivity contribution in [2.45, 2.75) is 24.7 Å². The molecule has 158 valence electrons. The Morgan fingerprint density at radius 1 is 1.23 bits per heavy atom. The van der Waals surface area contributed by atoms with Crippen molar-refractivity contribution in [1.82, 2.24) is 29.8 Å². The Bertz CT molecular complexity index is 1230. The van der Waals surface area contributed by atoms with Crippen LogP contribution < -0.4 is 10.6 Å². The van der Waals surface area contributed by atoms with E-state index in [2.05, 4.69) is 42.4 Å². The van der Waals surface area contributed by atoms with Crippen molar-refractivity contribution in [2.75, 3.05) is 19.4 Å². The molecule has 0 aromatic carbocycles. The highest BCUT2D eigenvalue weighted by molar-refractivity contribution is 5.88. The molecule has 0 bridgehead atoms. The normalized spacial score (nSPS) is 28.5. The smallest absolute Gasteiger partial charge is 0.229 e. The van der Waals surface area contributed by atoms with Gasteiger partial charge in [0.2, 0.25) is 11.7 Å². The lowest BCUT2D eigenvalue weighted by atomic mass is 9.98. The van der Waals surface area contributed by atoms with Crippen LogP contribution in [0, 0.1) is 23.2 Å². The van der Waals surface area contributed by atoms with Gasteiger partial charge in [-0.2, -0.15) is 0 Å². The number of hydrogen-bond acceptors (Lipinski definition) is 8. The molecule has 3 heterocycles. The Labute approximate surface area is 177 Å². The molecular formula is C21H21N7O3. The minimum Gasteiger partial charge on any atom is -0.389 e. The predicted octanol–water partition coefficient (Wildman–Crippen LogP) is -0.308. The molecule has 1 amide bonds. The summed E-state index contributed by atoms with van der Waals surface area (Å²) in [7, 11) is 3.26. The predicted molar refractivity (Wildman–Crippen MR) is 111 cm³/mol. The van der Waals surface area contributed by atoms with Gasteiger partial charge in [0, 0.05) is 38.0 Å². The van der Waals surface area contributed by atoms with Crippen molar-refractivity contribution in [3.63, 3.8) is 0 Å². The van der Waals surface area contributed by atoms with Crippen molar-refractivity contribution in [1.29, 1.82) is 0 Å². The zero-order valence-electron chi connectivity index (χ0n) is 16.9. The molecule has 10 heteroatoms. The van der Waals surface area contributed by atoms with Crippen molar-refractivity contribution in [2.24, 2.45) is 11.3 Å². The molecule has 5 rings (SSSR count). The molecule has 3 aromatic heterocycles. The molecule has 3 aromatic rings. The van der Waals surface area contributed by atoms with Crippen LogP contribution in [0.5, 0.6) is 0 Å². The highest BCUT2D eigenvalue weighted by Gasteiger charge is 2.75. The maximum absolute atomic E-state index is 12.4. The average Bonchev–Trinajstić information content (AvgIpc) is 3.34. The van der Waals surface area contributed by atoms with E-state index in [-0.39, 0.29) is 17.6 Å². The van der Waals surface area contributed by atoms with Gasteiger partial charge < -0.3 is 25.4 Å². The molecule has 5 atom stereocenters. The van der Waals surface area contributed by atoms with E-state index in [1.165, 1.54) is 7.05 Å². The molecule has 0 saturated heterocycles. The third-order valence-corrected chi connectivity index (χ3v) is 6.30. The van der Waals surface area contributed by atoms with E-state index in [1.807, 2.05) is 0 Å². The number of anilines is 1. The Morgan fingerprint density at radius 2 is 2.00 bits per heavy atom. The molecule has 10 nitrogen and oxygen atoms in total. The van der Waals surface area contributed by atoms with Crippen molar-refractivity contribution >= 4 is 22.9 Å². The van der Waals surface area contributed by atoms with Gasteiger partial charge in [0.25, 0.3) is 0 Å². The fraction of sp³-hybridized carbons (Fsp3) is 0.381. The van der Waals surface area contributed by atoms with Gasteiger partial charge >= 0.3 is 0 Å². The van der Waals surface area contributed by atoms with Crippen LogP contribution in [0.3, 0.4) is 0 Å². The van der Waals surface area contributed by atoms with Gasteiger partial charge in [-0.25, -0.2) is 15.0 Å². The van der Waals surface area contributed by atoms with Gasteiger partial charge in [-0.1, -0.05) is 5.92 Å². The van der Waals surface area contributed by atoms with Gasteiger partial charge in [0.05, 0.1) is 23.9 Å². The SMILES string of the molecule is CNC(=O)[C@]12CC1[C@@H](n1cnc3c(NC)nc(C#Cc4ccncc4)nc31)C(O)[C@@H]2O. The Hall–Kier alpha value is -3.55. The summed E-state index contributed by atoms with van der Waals surface area (Å²) in [5, 5.41) is 27.0. The molecule has 2 aliphatic rings. The van der Waals surface area contributed by atoms with Crippen LogP contribution >= 0.6 is 0 Å². The maximum Gasteiger partial charge on any atom is 0.229 e. The van der Waals surface area contributed by atoms with Gasteiger partial charge in [-0.05, 0) is 24.5 Å². The highest BCUT2D eigenvalue weighted by Crippen LogP contribution is 2.67.